The van der Waals surface area contributed by atoms with E-state index in [-0.39, 0.29) is 0 Å². The summed E-state index contributed by atoms with van der Waals surface area (Å²) < 4.78 is 3.00. The van der Waals surface area contributed by atoms with Gasteiger partial charge >= 0.3 is 0 Å². The van der Waals surface area contributed by atoms with Gasteiger partial charge < -0.3 is 10.3 Å². The highest BCUT2D eigenvalue weighted by Crippen LogP contribution is 2.37. The molecule has 2 aromatic rings. The molecule has 0 radical (unpaired) electrons. The van der Waals surface area contributed by atoms with Crippen LogP contribution >= 0.6 is 22.6 Å². The first-order chi connectivity index (χ1) is 7.75. The molecule has 0 saturated heterocycles. The van der Waals surface area contributed by atoms with E-state index in [2.05, 4.69) is 42.1 Å². The molecule has 0 bridgehead atoms. The van der Waals surface area contributed by atoms with Gasteiger partial charge in [-0.1, -0.05) is 0 Å². The second-order valence-corrected chi connectivity index (χ2v) is 5.01. The number of nitrogens with two attached hydrogens (primary N) is 1. The molecule has 0 spiro atoms. The van der Waals surface area contributed by atoms with Gasteiger partial charge in [-0.25, -0.2) is 15.0 Å². The molecule has 0 atom stereocenters. The van der Waals surface area contributed by atoms with Crippen molar-refractivity contribution in [2.24, 2.45) is 0 Å². The highest BCUT2D eigenvalue weighted by Gasteiger charge is 2.26. The summed E-state index contributed by atoms with van der Waals surface area (Å²) in [7, 11) is 0. The normalized spacial score (nSPS) is 15.3. The molecule has 82 valence electrons. The van der Waals surface area contributed by atoms with Crippen LogP contribution in [-0.4, -0.2) is 19.5 Å². The van der Waals surface area contributed by atoms with E-state index in [0.717, 1.165) is 9.26 Å². The van der Waals surface area contributed by atoms with Crippen LogP contribution in [0.4, 0.5) is 5.82 Å². The number of imidazole rings is 1. The zero-order chi connectivity index (χ0) is 11.1. The van der Waals surface area contributed by atoms with Gasteiger partial charge in [-0.15, -0.1) is 0 Å². The number of rotatable bonds is 2. The Morgan fingerprint density at radius 3 is 2.88 bits per heavy atom. The smallest absolute Gasteiger partial charge is 0.179 e. The molecule has 2 N–H and O–H groups in total. The predicted molar refractivity (Wildman–Crippen MR) is 68.7 cm³/mol. The van der Waals surface area contributed by atoms with Crippen LogP contribution in [0.5, 0.6) is 0 Å². The van der Waals surface area contributed by atoms with Gasteiger partial charge in [0.05, 0.1) is 16.1 Å². The molecule has 0 aliphatic heterocycles. The molecule has 0 aromatic carbocycles. The van der Waals surface area contributed by atoms with Crippen molar-refractivity contribution in [3.63, 3.8) is 0 Å². The summed E-state index contributed by atoms with van der Waals surface area (Å²) in [4.78, 5) is 12.7. The molecule has 0 unspecified atom stereocenters. The maximum Gasteiger partial charge on any atom is 0.179 e. The van der Waals surface area contributed by atoms with E-state index in [1.165, 1.54) is 12.8 Å². The molecular formula is C10H10IN5. The van der Waals surface area contributed by atoms with Crippen molar-refractivity contribution in [2.45, 2.75) is 18.9 Å². The zero-order valence-electron chi connectivity index (χ0n) is 8.47. The Bertz CT molecular complexity index is 532. The standard InChI is InChI=1S/C10H10IN5/c11-7-3-14-10(15-9(7)12)8-4-13-5-16(8)6-1-2-6/h3-6H,1-2H2,(H2,12,14,15). The van der Waals surface area contributed by atoms with Crippen LogP contribution in [0.1, 0.15) is 18.9 Å². The highest BCUT2D eigenvalue weighted by atomic mass is 127. The van der Waals surface area contributed by atoms with Crippen LogP contribution in [-0.2, 0) is 0 Å². The molecule has 3 rings (SSSR count). The lowest BCUT2D eigenvalue weighted by atomic mass is 10.4. The Balaban J connectivity index is 2.07. The lowest BCUT2D eigenvalue weighted by molar-refractivity contribution is 0.743. The van der Waals surface area contributed by atoms with Crippen molar-refractivity contribution < 1.29 is 0 Å². The van der Waals surface area contributed by atoms with Crippen molar-refractivity contribution in [1.82, 2.24) is 19.5 Å². The Hall–Kier alpha value is -1.18. The first-order valence-corrected chi connectivity index (χ1v) is 6.14. The van der Waals surface area contributed by atoms with Crippen molar-refractivity contribution in [3.05, 3.63) is 22.3 Å². The molecule has 1 aliphatic carbocycles. The average molecular weight is 327 g/mol. The second-order valence-electron chi connectivity index (χ2n) is 3.84. The minimum absolute atomic E-state index is 0.522. The Morgan fingerprint density at radius 1 is 1.38 bits per heavy atom. The highest BCUT2D eigenvalue weighted by molar-refractivity contribution is 14.1. The topological polar surface area (TPSA) is 69.6 Å². The number of nitrogens with zero attached hydrogens (tertiary/aromatic N) is 4. The fraction of sp³-hybridized carbons (Fsp3) is 0.300. The van der Waals surface area contributed by atoms with Crippen LogP contribution in [0, 0.1) is 3.57 Å². The molecule has 16 heavy (non-hydrogen) atoms. The second kappa shape index (κ2) is 3.69. The van der Waals surface area contributed by atoms with Gasteiger partial charge in [-0.3, -0.25) is 0 Å². The third-order valence-corrected chi connectivity index (χ3v) is 3.44. The largest absolute Gasteiger partial charge is 0.383 e. The summed E-state index contributed by atoms with van der Waals surface area (Å²) in [5.74, 6) is 1.18. The minimum atomic E-state index is 0.522. The Morgan fingerprint density at radius 2 is 2.19 bits per heavy atom. The summed E-state index contributed by atoms with van der Waals surface area (Å²) >= 11 is 2.12. The Kier molecular flexibility index (Phi) is 2.31. The van der Waals surface area contributed by atoms with Crippen molar-refractivity contribution in [3.8, 4) is 11.5 Å². The molecule has 1 fully saturated rings. The maximum absolute atomic E-state index is 5.78. The fourth-order valence-electron chi connectivity index (χ4n) is 1.63. The van der Waals surface area contributed by atoms with Gasteiger partial charge in [-0.2, -0.15) is 0 Å². The van der Waals surface area contributed by atoms with E-state index in [0.29, 0.717) is 17.7 Å². The first-order valence-electron chi connectivity index (χ1n) is 5.06. The van der Waals surface area contributed by atoms with E-state index < -0.39 is 0 Å². The quantitative estimate of drug-likeness (QED) is 0.855. The number of aromatic nitrogens is 4. The molecule has 6 heteroatoms. The van der Waals surface area contributed by atoms with E-state index >= 15 is 0 Å². The Labute approximate surface area is 106 Å². The number of anilines is 1. The zero-order valence-corrected chi connectivity index (χ0v) is 10.6. The van der Waals surface area contributed by atoms with Gasteiger partial charge in [0.2, 0.25) is 0 Å². The number of halogens is 1. The van der Waals surface area contributed by atoms with Crippen molar-refractivity contribution >= 4 is 28.4 Å². The van der Waals surface area contributed by atoms with Gasteiger partial charge in [0.1, 0.15) is 11.5 Å². The van der Waals surface area contributed by atoms with Crippen LogP contribution in [0.25, 0.3) is 11.5 Å². The maximum atomic E-state index is 5.78. The average Bonchev–Trinajstić information content (AvgIpc) is 3.01. The lowest BCUT2D eigenvalue weighted by Crippen LogP contribution is -2.02. The van der Waals surface area contributed by atoms with E-state index in [1.807, 2.05) is 6.33 Å². The molecule has 0 amide bonds. The molecule has 2 aromatic heterocycles. The SMILES string of the molecule is Nc1nc(-c2cncn2C2CC2)ncc1I. The number of nitrogen functional groups attached to an aromatic ring is 1. The first kappa shape index (κ1) is 10.0. The van der Waals surface area contributed by atoms with E-state index in [1.54, 1.807) is 12.4 Å². The monoisotopic (exact) mass is 327 g/mol. The molecule has 2 heterocycles. The molecule has 1 aliphatic rings. The fourth-order valence-corrected chi connectivity index (χ4v) is 1.89. The van der Waals surface area contributed by atoms with Gasteiger partial charge in [0.25, 0.3) is 0 Å². The third kappa shape index (κ3) is 1.66. The van der Waals surface area contributed by atoms with Gasteiger partial charge in [0.15, 0.2) is 5.82 Å². The summed E-state index contributed by atoms with van der Waals surface area (Å²) in [6.45, 7) is 0. The van der Waals surface area contributed by atoms with Crippen LogP contribution in [0.2, 0.25) is 0 Å². The number of hydrogen-bond acceptors (Lipinski definition) is 4. The minimum Gasteiger partial charge on any atom is -0.383 e. The molecule has 1 saturated carbocycles. The van der Waals surface area contributed by atoms with Crippen molar-refractivity contribution in [2.75, 3.05) is 5.73 Å². The van der Waals surface area contributed by atoms with Crippen LogP contribution < -0.4 is 5.73 Å². The summed E-state index contributed by atoms with van der Waals surface area (Å²) in [6, 6.07) is 0.571. The lowest BCUT2D eigenvalue weighted by Gasteiger charge is -2.05. The van der Waals surface area contributed by atoms with Crippen LogP contribution in [0.3, 0.4) is 0 Å². The van der Waals surface area contributed by atoms with Gasteiger partial charge in [-0.05, 0) is 35.4 Å². The summed E-state index contributed by atoms with van der Waals surface area (Å²) in [6.07, 6.45) is 7.79. The van der Waals surface area contributed by atoms with Crippen LogP contribution in [0.15, 0.2) is 18.7 Å². The van der Waals surface area contributed by atoms with Gasteiger partial charge in [0, 0.05) is 12.2 Å². The predicted octanol–water partition coefficient (Wildman–Crippen LogP) is 1.86. The molecular weight excluding hydrogens is 317 g/mol. The van der Waals surface area contributed by atoms with E-state index in [9.17, 15) is 0 Å². The third-order valence-electron chi connectivity index (χ3n) is 2.61. The molecule has 5 nitrogen and oxygen atoms in total. The van der Waals surface area contributed by atoms with Crippen molar-refractivity contribution in [1.29, 1.82) is 0 Å². The summed E-state index contributed by atoms with van der Waals surface area (Å²) in [5.41, 5.74) is 6.73. The number of hydrogen-bond donors (Lipinski definition) is 1. The van der Waals surface area contributed by atoms with E-state index in [4.69, 9.17) is 5.73 Å². The summed E-state index contributed by atoms with van der Waals surface area (Å²) in [5, 5.41) is 0.